The largest absolute Gasteiger partial charge is 0.394 e. The van der Waals surface area contributed by atoms with Crippen molar-refractivity contribution in [1.82, 2.24) is 5.32 Å². The van der Waals surface area contributed by atoms with Gasteiger partial charge in [-0.15, -0.1) is 0 Å². The minimum absolute atomic E-state index is 0.0151. The monoisotopic (exact) mass is 660 g/mol. The van der Waals surface area contributed by atoms with Crippen molar-refractivity contribution in [2.75, 3.05) is 6.61 Å². The Kier molecular flexibility index (Phi) is 35.8. The van der Waals surface area contributed by atoms with Crippen LogP contribution < -0.4 is 5.32 Å². The van der Waals surface area contributed by atoms with Gasteiger partial charge in [-0.25, -0.2) is 0 Å². The molecule has 0 heterocycles. The van der Waals surface area contributed by atoms with Crippen molar-refractivity contribution in [3.8, 4) is 0 Å². The number of hydrogen-bond donors (Lipinski definition) is 4. The quantitative estimate of drug-likeness (QED) is 0.0402. The van der Waals surface area contributed by atoms with E-state index in [9.17, 15) is 20.1 Å². The summed E-state index contributed by atoms with van der Waals surface area (Å²) in [5.41, 5.74) is 0. The molecule has 274 valence electrons. The molecule has 0 saturated heterocycles. The summed E-state index contributed by atoms with van der Waals surface area (Å²) in [4.78, 5) is 12.3. The van der Waals surface area contributed by atoms with Crippen molar-refractivity contribution < 1.29 is 20.1 Å². The molecule has 0 radical (unpaired) electrons. The van der Waals surface area contributed by atoms with E-state index in [-0.39, 0.29) is 18.9 Å². The molecule has 3 unspecified atom stereocenters. The average molecular weight is 660 g/mol. The van der Waals surface area contributed by atoms with E-state index < -0.39 is 18.2 Å². The lowest BCUT2D eigenvalue weighted by atomic mass is 10.0. The van der Waals surface area contributed by atoms with Crippen LogP contribution in [0.5, 0.6) is 0 Å². The van der Waals surface area contributed by atoms with Crippen LogP contribution in [0.15, 0.2) is 48.6 Å². The summed E-state index contributed by atoms with van der Waals surface area (Å²) in [6.07, 6.45) is 47.0. The van der Waals surface area contributed by atoms with Gasteiger partial charge < -0.3 is 20.6 Å². The molecule has 4 N–H and O–H groups in total. The molecule has 0 bridgehead atoms. The fourth-order valence-corrected chi connectivity index (χ4v) is 5.70. The lowest BCUT2D eigenvalue weighted by Gasteiger charge is -2.20. The molecule has 0 saturated carbocycles. The number of nitrogens with one attached hydrogen (secondary N) is 1. The summed E-state index contributed by atoms with van der Waals surface area (Å²) in [5.74, 6) is -0.347. The first kappa shape index (κ1) is 45.3. The van der Waals surface area contributed by atoms with Gasteiger partial charge in [-0.05, 0) is 64.2 Å². The molecule has 0 aromatic heterocycles. The first-order valence-electron chi connectivity index (χ1n) is 19.9. The van der Waals surface area contributed by atoms with E-state index in [0.29, 0.717) is 6.42 Å². The highest BCUT2D eigenvalue weighted by molar-refractivity contribution is 5.76. The number of carbonyl (C=O) groups is 1. The van der Waals surface area contributed by atoms with Gasteiger partial charge in [0.1, 0.15) is 0 Å². The van der Waals surface area contributed by atoms with Crippen LogP contribution in [0, 0.1) is 0 Å². The molecule has 1 amide bonds. The number of amides is 1. The number of aliphatic hydroxyl groups is 3. The number of hydrogen-bond acceptors (Lipinski definition) is 4. The van der Waals surface area contributed by atoms with Crippen molar-refractivity contribution in [1.29, 1.82) is 0 Å². The van der Waals surface area contributed by atoms with Gasteiger partial charge >= 0.3 is 0 Å². The van der Waals surface area contributed by atoms with E-state index in [1.165, 1.54) is 109 Å². The summed E-state index contributed by atoms with van der Waals surface area (Å²) in [6, 6.07) is -0.772. The standard InChI is InChI=1S/C42H77NO4/c1-3-5-7-9-11-13-14-15-16-17-18-19-20-21-22-23-24-25-26-27-28-30-32-34-36-41(46)40(38-44)43-42(47)37-39(45)35-33-31-29-12-10-8-6-4-2/h10,12,23-24,27-28,34,36,39-41,44-46H,3-9,11,13-22,25-26,29-33,35,37-38H2,1-2H3,(H,43,47)/b12-10-,24-23+,28-27+,36-34+. The summed E-state index contributed by atoms with van der Waals surface area (Å²) >= 11 is 0. The Morgan fingerprint density at radius 1 is 0.532 bits per heavy atom. The third kappa shape index (κ3) is 34.0. The second-order valence-electron chi connectivity index (χ2n) is 13.5. The number of rotatable bonds is 35. The van der Waals surface area contributed by atoms with Crippen molar-refractivity contribution in [3.05, 3.63) is 48.6 Å². The van der Waals surface area contributed by atoms with Gasteiger partial charge in [0, 0.05) is 0 Å². The first-order valence-corrected chi connectivity index (χ1v) is 19.9. The molecule has 47 heavy (non-hydrogen) atoms. The normalized spacial score (nSPS) is 14.2. The summed E-state index contributed by atoms with van der Waals surface area (Å²) in [7, 11) is 0. The maximum atomic E-state index is 12.3. The molecule has 0 aliphatic rings. The topological polar surface area (TPSA) is 89.8 Å². The van der Waals surface area contributed by atoms with Gasteiger partial charge in [0.15, 0.2) is 0 Å². The third-order valence-electron chi connectivity index (χ3n) is 8.82. The summed E-state index contributed by atoms with van der Waals surface area (Å²) < 4.78 is 0. The third-order valence-corrected chi connectivity index (χ3v) is 8.82. The van der Waals surface area contributed by atoms with Crippen LogP contribution in [-0.4, -0.2) is 46.1 Å². The van der Waals surface area contributed by atoms with E-state index in [1.807, 2.05) is 6.08 Å². The zero-order valence-electron chi connectivity index (χ0n) is 30.9. The van der Waals surface area contributed by atoms with E-state index in [2.05, 4.69) is 55.6 Å². The van der Waals surface area contributed by atoms with Crippen LogP contribution >= 0.6 is 0 Å². The first-order chi connectivity index (χ1) is 23.0. The maximum Gasteiger partial charge on any atom is 0.222 e. The molecule has 0 aromatic carbocycles. The van der Waals surface area contributed by atoms with E-state index in [1.54, 1.807) is 6.08 Å². The predicted octanol–water partition coefficient (Wildman–Crippen LogP) is 11.0. The highest BCUT2D eigenvalue weighted by Gasteiger charge is 2.20. The Bertz CT molecular complexity index is 775. The Morgan fingerprint density at radius 3 is 1.43 bits per heavy atom. The highest BCUT2D eigenvalue weighted by Crippen LogP contribution is 2.14. The van der Waals surface area contributed by atoms with Crippen LogP contribution in [0.2, 0.25) is 0 Å². The molecule has 0 fully saturated rings. The van der Waals surface area contributed by atoms with Crippen molar-refractivity contribution in [2.24, 2.45) is 0 Å². The van der Waals surface area contributed by atoms with Gasteiger partial charge in [-0.3, -0.25) is 4.79 Å². The molecule has 0 rings (SSSR count). The van der Waals surface area contributed by atoms with Crippen LogP contribution in [-0.2, 0) is 4.79 Å². The average Bonchev–Trinajstić information content (AvgIpc) is 3.06. The van der Waals surface area contributed by atoms with Crippen molar-refractivity contribution in [2.45, 2.75) is 205 Å². The molecule has 5 nitrogen and oxygen atoms in total. The van der Waals surface area contributed by atoms with Gasteiger partial charge in [0.05, 0.1) is 31.3 Å². The van der Waals surface area contributed by atoms with E-state index >= 15 is 0 Å². The molecule has 0 aliphatic carbocycles. The Morgan fingerprint density at radius 2 is 0.936 bits per heavy atom. The van der Waals surface area contributed by atoms with Gasteiger partial charge in [-0.2, -0.15) is 0 Å². The van der Waals surface area contributed by atoms with Crippen LogP contribution in [0.25, 0.3) is 0 Å². The minimum Gasteiger partial charge on any atom is -0.394 e. The zero-order chi connectivity index (χ0) is 34.5. The molecule has 0 aliphatic heterocycles. The van der Waals surface area contributed by atoms with Crippen molar-refractivity contribution in [3.63, 3.8) is 0 Å². The fourth-order valence-electron chi connectivity index (χ4n) is 5.70. The Labute approximate surface area is 291 Å². The fraction of sp³-hybridized carbons (Fsp3) is 0.786. The molecule has 3 atom stereocenters. The summed E-state index contributed by atoms with van der Waals surface area (Å²) in [5, 5.41) is 32.9. The Balaban J connectivity index is 3.74. The summed E-state index contributed by atoms with van der Waals surface area (Å²) in [6.45, 7) is 4.11. The number of unbranched alkanes of at least 4 members (excludes halogenated alkanes) is 20. The molecular formula is C42H77NO4. The molecular weight excluding hydrogens is 582 g/mol. The Hall–Kier alpha value is -1.69. The SMILES string of the molecule is CCCC/C=C\CCCCC(O)CC(=O)NC(CO)C(O)/C=C/CC/C=C/CC/C=C/CCCCCCCCCCCCCCCC. The van der Waals surface area contributed by atoms with Crippen LogP contribution in [0.3, 0.4) is 0 Å². The molecule has 0 spiro atoms. The number of allylic oxidation sites excluding steroid dienone is 7. The van der Waals surface area contributed by atoms with Crippen molar-refractivity contribution >= 4 is 5.91 Å². The number of carbonyl (C=O) groups excluding carboxylic acids is 1. The minimum atomic E-state index is -0.963. The van der Waals surface area contributed by atoms with E-state index in [0.717, 1.165) is 51.4 Å². The lowest BCUT2D eigenvalue weighted by Crippen LogP contribution is -2.45. The second kappa shape index (κ2) is 37.1. The van der Waals surface area contributed by atoms with E-state index in [4.69, 9.17) is 0 Å². The van der Waals surface area contributed by atoms with Gasteiger partial charge in [0.25, 0.3) is 0 Å². The molecule has 5 heteroatoms. The maximum absolute atomic E-state index is 12.3. The highest BCUT2D eigenvalue weighted by atomic mass is 16.3. The predicted molar refractivity (Wildman–Crippen MR) is 204 cm³/mol. The van der Waals surface area contributed by atoms with Gasteiger partial charge in [-0.1, -0.05) is 165 Å². The van der Waals surface area contributed by atoms with Crippen LogP contribution in [0.4, 0.5) is 0 Å². The second-order valence-corrected chi connectivity index (χ2v) is 13.5. The lowest BCUT2D eigenvalue weighted by molar-refractivity contribution is -0.124. The number of aliphatic hydroxyl groups excluding tert-OH is 3. The smallest absolute Gasteiger partial charge is 0.222 e. The van der Waals surface area contributed by atoms with Crippen LogP contribution in [0.1, 0.15) is 187 Å². The zero-order valence-corrected chi connectivity index (χ0v) is 30.9. The van der Waals surface area contributed by atoms with Gasteiger partial charge in [0.2, 0.25) is 5.91 Å². The molecule has 0 aromatic rings.